The topological polar surface area (TPSA) is 67.9 Å². The van der Waals surface area contributed by atoms with Crippen molar-refractivity contribution < 1.29 is 19.1 Å². The van der Waals surface area contributed by atoms with Gasteiger partial charge in [-0.1, -0.05) is 60.7 Å². The van der Waals surface area contributed by atoms with Gasteiger partial charge in [-0.2, -0.15) is 0 Å². The smallest absolute Gasteiger partial charge is 0.243 e. The summed E-state index contributed by atoms with van der Waals surface area (Å²) >= 11 is 0. The molecule has 0 spiro atoms. The summed E-state index contributed by atoms with van der Waals surface area (Å²) in [6.45, 7) is 5.03. The molecule has 0 unspecified atom stereocenters. The van der Waals surface area contributed by atoms with Gasteiger partial charge in [-0.05, 0) is 54.7 Å². The fraction of sp³-hybridized carbons (Fsp3) is 0.310. The molecule has 0 fully saturated rings. The van der Waals surface area contributed by atoms with E-state index in [1.54, 1.807) is 4.90 Å². The van der Waals surface area contributed by atoms with E-state index in [9.17, 15) is 9.59 Å². The van der Waals surface area contributed by atoms with Gasteiger partial charge in [-0.25, -0.2) is 0 Å². The molecule has 2 amide bonds. The number of ether oxygens (including phenoxy) is 2. The summed E-state index contributed by atoms with van der Waals surface area (Å²) in [7, 11) is 0. The average Bonchev–Trinajstić information content (AvgIpc) is 3.34. The highest BCUT2D eigenvalue weighted by atomic mass is 16.7. The first-order chi connectivity index (χ1) is 17.0. The zero-order chi connectivity index (χ0) is 24.6. The van der Waals surface area contributed by atoms with Crippen LogP contribution >= 0.6 is 0 Å². The van der Waals surface area contributed by atoms with Crippen LogP contribution in [0.1, 0.15) is 35.6 Å². The SMILES string of the molecule is CCNC(=O)[C@@H](Cc1ccccc1)N(Cc1ccccc1C)C(=O)CCc1ccc2c(c1)OCO2. The molecule has 0 bridgehead atoms. The molecule has 6 heteroatoms. The summed E-state index contributed by atoms with van der Waals surface area (Å²) < 4.78 is 10.9. The van der Waals surface area contributed by atoms with Crippen LogP contribution in [0.2, 0.25) is 0 Å². The van der Waals surface area contributed by atoms with Crippen LogP contribution in [-0.2, 0) is 29.0 Å². The number of hydrogen-bond donors (Lipinski definition) is 1. The summed E-state index contributed by atoms with van der Waals surface area (Å²) in [5, 5.41) is 2.94. The Bertz CT molecular complexity index is 1160. The van der Waals surface area contributed by atoms with Crippen molar-refractivity contribution in [2.75, 3.05) is 13.3 Å². The molecule has 0 saturated heterocycles. The van der Waals surface area contributed by atoms with E-state index in [0.717, 1.165) is 28.0 Å². The van der Waals surface area contributed by atoms with Crippen molar-refractivity contribution in [1.29, 1.82) is 0 Å². The van der Waals surface area contributed by atoms with E-state index in [0.29, 0.717) is 31.7 Å². The van der Waals surface area contributed by atoms with E-state index in [-0.39, 0.29) is 25.0 Å². The number of aryl methyl sites for hydroxylation is 2. The summed E-state index contributed by atoms with van der Waals surface area (Å²) in [4.78, 5) is 28.7. The van der Waals surface area contributed by atoms with Crippen LogP contribution in [0.3, 0.4) is 0 Å². The minimum Gasteiger partial charge on any atom is -0.454 e. The molecule has 1 atom stereocenters. The van der Waals surface area contributed by atoms with Gasteiger partial charge in [0.15, 0.2) is 11.5 Å². The lowest BCUT2D eigenvalue weighted by molar-refractivity contribution is -0.141. The molecular weight excluding hydrogens is 440 g/mol. The van der Waals surface area contributed by atoms with E-state index in [2.05, 4.69) is 5.32 Å². The Morgan fingerprint density at radius 1 is 0.943 bits per heavy atom. The highest BCUT2D eigenvalue weighted by Crippen LogP contribution is 2.33. The predicted octanol–water partition coefficient (Wildman–Crippen LogP) is 4.43. The lowest BCUT2D eigenvalue weighted by Gasteiger charge is -2.32. The van der Waals surface area contributed by atoms with Crippen molar-refractivity contribution in [3.63, 3.8) is 0 Å². The fourth-order valence-corrected chi connectivity index (χ4v) is 4.31. The van der Waals surface area contributed by atoms with Gasteiger partial charge in [0, 0.05) is 25.9 Å². The number of carbonyl (C=O) groups is 2. The minimum atomic E-state index is -0.610. The molecule has 3 aromatic carbocycles. The van der Waals surface area contributed by atoms with E-state index in [1.165, 1.54) is 0 Å². The van der Waals surface area contributed by atoms with E-state index >= 15 is 0 Å². The second-order valence-electron chi connectivity index (χ2n) is 8.74. The standard InChI is InChI=1S/C29H32N2O4/c1-3-30-29(33)25(17-22-10-5-4-6-11-22)31(19-24-12-8-7-9-21(24)2)28(32)16-14-23-13-15-26-27(18-23)35-20-34-26/h4-13,15,18,25H,3,14,16-17,19-20H2,1-2H3,(H,30,33)/t25-/m1/s1. The Morgan fingerprint density at radius 2 is 1.69 bits per heavy atom. The van der Waals surface area contributed by atoms with Crippen LogP contribution in [0.5, 0.6) is 11.5 Å². The van der Waals surface area contributed by atoms with Crippen LogP contribution in [0, 0.1) is 6.92 Å². The van der Waals surface area contributed by atoms with Crippen LogP contribution in [-0.4, -0.2) is 36.1 Å². The Hall–Kier alpha value is -3.80. The van der Waals surface area contributed by atoms with Crippen molar-refractivity contribution in [2.24, 2.45) is 0 Å². The first kappa shape index (κ1) is 24.3. The largest absolute Gasteiger partial charge is 0.454 e. The Kier molecular flexibility index (Phi) is 8.03. The van der Waals surface area contributed by atoms with Gasteiger partial charge in [0.2, 0.25) is 18.6 Å². The molecule has 4 rings (SSSR count). The van der Waals surface area contributed by atoms with Crippen LogP contribution in [0.15, 0.2) is 72.8 Å². The molecule has 1 N–H and O–H groups in total. The zero-order valence-corrected chi connectivity index (χ0v) is 20.3. The number of hydrogen-bond acceptors (Lipinski definition) is 4. The molecule has 0 saturated carbocycles. The third-order valence-corrected chi connectivity index (χ3v) is 6.29. The number of nitrogens with zero attached hydrogens (tertiary/aromatic N) is 1. The van der Waals surface area contributed by atoms with Crippen LogP contribution < -0.4 is 14.8 Å². The minimum absolute atomic E-state index is 0.0573. The van der Waals surface area contributed by atoms with Crippen molar-refractivity contribution >= 4 is 11.8 Å². The monoisotopic (exact) mass is 472 g/mol. The van der Waals surface area contributed by atoms with Crippen molar-refractivity contribution in [1.82, 2.24) is 10.2 Å². The Labute approximate surface area is 206 Å². The van der Waals surface area contributed by atoms with Gasteiger partial charge in [0.1, 0.15) is 6.04 Å². The first-order valence-electron chi connectivity index (χ1n) is 12.1. The number of nitrogens with one attached hydrogen (secondary N) is 1. The van der Waals surface area contributed by atoms with E-state index in [1.807, 2.05) is 86.6 Å². The highest BCUT2D eigenvalue weighted by Gasteiger charge is 2.30. The second kappa shape index (κ2) is 11.6. The van der Waals surface area contributed by atoms with E-state index in [4.69, 9.17) is 9.47 Å². The van der Waals surface area contributed by atoms with Crippen LogP contribution in [0.25, 0.3) is 0 Å². The summed E-state index contributed by atoms with van der Waals surface area (Å²) in [6.07, 6.45) is 1.29. The number of carbonyl (C=O) groups excluding carboxylic acids is 2. The van der Waals surface area contributed by atoms with Gasteiger partial charge >= 0.3 is 0 Å². The van der Waals surface area contributed by atoms with Gasteiger partial charge in [-0.15, -0.1) is 0 Å². The number of benzene rings is 3. The maximum absolute atomic E-state index is 13.7. The van der Waals surface area contributed by atoms with E-state index < -0.39 is 6.04 Å². The molecule has 35 heavy (non-hydrogen) atoms. The third-order valence-electron chi connectivity index (χ3n) is 6.29. The maximum atomic E-state index is 13.7. The molecule has 6 nitrogen and oxygen atoms in total. The summed E-state index contributed by atoms with van der Waals surface area (Å²) in [6, 6.07) is 23.0. The van der Waals surface area contributed by atoms with Crippen molar-refractivity contribution in [2.45, 2.75) is 45.7 Å². The average molecular weight is 473 g/mol. The Morgan fingerprint density at radius 3 is 2.46 bits per heavy atom. The highest BCUT2D eigenvalue weighted by molar-refractivity contribution is 5.88. The lowest BCUT2D eigenvalue weighted by atomic mass is 10.0. The van der Waals surface area contributed by atoms with Gasteiger partial charge in [0.25, 0.3) is 0 Å². The number of likely N-dealkylation sites (N-methyl/N-ethyl adjacent to an activating group) is 1. The molecule has 1 aliphatic heterocycles. The summed E-state index contributed by atoms with van der Waals surface area (Å²) in [5.41, 5.74) is 4.14. The quantitative estimate of drug-likeness (QED) is 0.474. The molecule has 0 aromatic heterocycles. The van der Waals surface area contributed by atoms with Gasteiger partial charge in [-0.3, -0.25) is 9.59 Å². The fourth-order valence-electron chi connectivity index (χ4n) is 4.31. The summed E-state index contributed by atoms with van der Waals surface area (Å²) in [5.74, 6) is 1.23. The van der Waals surface area contributed by atoms with Gasteiger partial charge < -0.3 is 19.7 Å². The number of rotatable bonds is 10. The lowest BCUT2D eigenvalue weighted by Crippen LogP contribution is -2.50. The normalized spacial score (nSPS) is 12.7. The maximum Gasteiger partial charge on any atom is 0.243 e. The molecule has 0 radical (unpaired) electrons. The first-order valence-corrected chi connectivity index (χ1v) is 12.1. The van der Waals surface area contributed by atoms with Gasteiger partial charge in [0.05, 0.1) is 0 Å². The Balaban J connectivity index is 1.59. The van der Waals surface area contributed by atoms with Crippen molar-refractivity contribution in [3.05, 3.63) is 95.1 Å². The molecule has 0 aliphatic carbocycles. The second-order valence-corrected chi connectivity index (χ2v) is 8.74. The van der Waals surface area contributed by atoms with Crippen LogP contribution in [0.4, 0.5) is 0 Å². The molecule has 1 aliphatic rings. The zero-order valence-electron chi connectivity index (χ0n) is 20.3. The number of amides is 2. The molecular formula is C29H32N2O4. The van der Waals surface area contributed by atoms with Crippen molar-refractivity contribution in [3.8, 4) is 11.5 Å². The number of fused-ring (bicyclic) bond motifs is 1. The molecule has 1 heterocycles. The third kappa shape index (κ3) is 6.21. The molecule has 3 aromatic rings. The predicted molar refractivity (Wildman–Crippen MR) is 135 cm³/mol. The molecule has 182 valence electrons.